The van der Waals surface area contributed by atoms with Gasteiger partial charge in [0.25, 0.3) is 11.5 Å². The molecular weight excluding hydrogens is 390 g/mol. The van der Waals surface area contributed by atoms with Crippen molar-refractivity contribution < 1.29 is 4.79 Å². The van der Waals surface area contributed by atoms with Crippen molar-refractivity contribution in [2.24, 2.45) is 0 Å². The van der Waals surface area contributed by atoms with E-state index in [4.69, 9.17) is 0 Å². The highest BCUT2D eigenvalue weighted by Gasteiger charge is 2.17. The number of halogens is 1. The fourth-order valence-electron chi connectivity index (χ4n) is 2.24. The zero-order valence-electron chi connectivity index (χ0n) is 12.8. The van der Waals surface area contributed by atoms with Crippen molar-refractivity contribution in [1.29, 1.82) is 0 Å². The van der Waals surface area contributed by atoms with E-state index in [1.807, 2.05) is 30.3 Å². The summed E-state index contributed by atoms with van der Waals surface area (Å²) in [5, 5.41) is 3.51. The van der Waals surface area contributed by atoms with Gasteiger partial charge in [-0.3, -0.25) is 9.59 Å². The molecular formula is C17H14BrN3O2S. The molecule has 0 unspecified atom stereocenters. The molecule has 0 aliphatic rings. The number of pyridine rings is 1. The number of amides is 1. The lowest BCUT2D eigenvalue weighted by molar-refractivity contribution is 0.102. The maximum absolute atomic E-state index is 12.5. The lowest BCUT2D eigenvalue weighted by Gasteiger charge is -2.03. The third-order valence-electron chi connectivity index (χ3n) is 3.36. The average molecular weight is 404 g/mol. The monoisotopic (exact) mass is 403 g/mol. The number of hydrogen-bond acceptors (Lipinski definition) is 4. The highest BCUT2D eigenvalue weighted by Crippen LogP contribution is 2.22. The number of aromatic amines is 1. The minimum absolute atomic E-state index is 0.201. The molecule has 1 amide bonds. The van der Waals surface area contributed by atoms with Crippen LogP contribution in [0.4, 0.5) is 5.69 Å². The Morgan fingerprint density at radius 1 is 1.33 bits per heavy atom. The van der Waals surface area contributed by atoms with Crippen LogP contribution in [-0.4, -0.2) is 15.9 Å². The number of benzene rings is 1. The lowest BCUT2D eigenvalue weighted by Crippen LogP contribution is -2.19. The summed E-state index contributed by atoms with van der Waals surface area (Å²) in [6.45, 7) is 1.80. The number of anilines is 1. The van der Waals surface area contributed by atoms with Crippen LogP contribution in [0.15, 0.2) is 51.9 Å². The molecule has 0 saturated carbocycles. The smallest absolute Gasteiger partial charge is 0.271 e. The molecule has 1 aromatic carbocycles. The first kappa shape index (κ1) is 16.6. The maximum Gasteiger partial charge on any atom is 0.271 e. The fraction of sp³-hybridized carbons (Fsp3) is 0.118. The van der Waals surface area contributed by atoms with Gasteiger partial charge in [0.05, 0.1) is 10.7 Å². The second kappa shape index (κ2) is 7.11. The van der Waals surface area contributed by atoms with Crippen LogP contribution in [0, 0.1) is 6.92 Å². The van der Waals surface area contributed by atoms with Crippen molar-refractivity contribution in [3.63, 3.8) is 0 Å². The van der Waals surface area contributed by atoms with Crippen LogP contribution in [0.25, 0.3) is 0 Å². The van der Waals surface area contributed by atoms with Gasteiger partial charge in [0, 0.05) is 17.1 Å². The summed E-state index contributed by atoms with van der Waals surface area (Å²) in [6.07, 6.45) is 2.20. The molecule has 0 radical (unpaired) electrons. The van der Waals surface area contributed by atoms with Gasteiger partial charge in [-0.15, -0.1) is 11.3 Å². The molecule has 3 aromatic rings. The molecule has 2 aromatic heterocycles. The number of nitrogens with one attached hydrogen (secondary N) is 2. The van der Waals surface area contributed by atoms with E-state index in [-0.39, 0.29) is 17.2 Å². The largest absolute Gasteiger partial charge is 0.326 e. The first-order chi connectivity index (χ1) is 11.5. The van der Waals surface area contributed by atoms with E-state index in [1.165, 1.54) is 17.5 Å². The van der Waals surface area contributed by atoms with Gasteiger partial charge >= 0.3 is 0 Å². The first-order valence-corrected chi connectivity index (χ1v) is 8.83. The summed E-state index contributed by atoms with van der Waals surface area (Å²) in [7, 11) is 0. The second-order valence-electron chi connectivity index (χ2n) is 5.20. The van der Waals surface area contributed by atoms with Crippen LogP contribution in [0.3, 0.4) is 0 Å². The third kappa shape index (κ3) is 3.80. The predicted octanol–water partition coefficient (Wildman–Crippen LogP) is 3.75. The van der Waals surface area contributed by atoms with Gasteiger partial charge in [-0.05, 0) is 34.5 Å². The first-order valence-electron chi connectivity index (χ1n) is 7.23. The number of nitrogens with zero attached hydrogens (tertiary/aromatic N) is 1. The number of hydrogen-bond donors (Lipinski definition) is 2. The molecule has 0 fully saturated rings. The fourth-order valence-corrected chi connectivity index (χ4v) is 3.58. The van der Waals surface area contributed by atoms with Crippen LogP contribution in [0.1, 0.15) is 25.9 Å². The molecule has 0 atom stereocenters. The topological polar surface area (TPSA) is 74.8 Å². The number of H-pyrrole nitrogens is 1. The Morgan fingerprint density at radius 3 is 2.83 bits per heavy atom. The normalized spacial score (nSPS) is 10.6. The van der Waals surface area contributed by atoms with Crippen molar-refractivity contribution >= 4 is 38.9 Å². The van der Waals surface area contributed by atoms with Crippen LogP contribution < -0.4 is 10.9 Å². The molecule has 5 nitrogen and oxygen atoms in total. The van der Waals surface area contributed by atoms with Crippen LogP contribution >= 0.6 is 27.3 Å². The molecule has 2 N–H and O–H groups in total. The SMILES string of the molecule is Cc1nc(Cc2ccccc2)sc1C(=O)Nc1cc(Br)c[nH]c1=O. The molecule has 24 heavy (non-hydrogen) atoms. The molecule has 0 bridgehead atoms. The lowest BCUT2D eigenvalue weighted by atomic mass is 10.2. The highest BCUT2D eigenvalue weighted by molar-refractivity contribution is 9.10. The molecule has 0 aliphatic heterocycles. The zero-order chi connectivity index (χ0) is 17.1. The van der Waals surface area contributed by atoms with E-state index in [0.717, 1.165) is 10.6 Å². The molecule has 0 aliphatic carbocycles. The third-order valence-corrected chi connectivity index (χ3v) is 4.98. The van der Waals surface area contributed by atoms with Crippen LogP contribution in [0.5, 0.6) is 0 Å². The summed E-state index contributed by atoms with van der Waals surface area (Å²) >= 11 is 4.61. The molecule has 122 valence electrons. The molecule has 3 rings (SSSR count). The molecule has 2 heterocycles. The molecule has 0 spiro atoms. The summed E-state index contributed by atoms with van der Waals surface area (Å²) in [6, 6.07) is 11.5. The van der Waals surface area contributed by atoms with Gasteiger partial charge in [-0.1, -0.05) is 30.3 Å². The minimum Gasteiger partial charge on any atom is -0.326 e. The Bertz CT molecular complexity index is 935. The van der Waals surface area contributed by atoms with Gasteiger partial charge < -0.3 is 10.3 Å². The van der Waals surface area contributed by atoms with Crippen molar-refractivity contribution in [3.05, 3.63) is 78.6 Å². The average Bonchev–Trinajstić information content (AvgIpc) is 2.92. The number of aryl methyl sites for hydroxylation is 1. The van der Waals surface area contributed by atoms with Crippen molar-refractivity contribution in [3.8, 4) is 0 Å². The Kier molecular flexibility index (Phi) is 4.92. The zero-order valence-corrected chi connectivity index (χ0v) is 15.2. The van der Waals surface area contributed by atoms with Gasteiger partial charge in [-0.25, -0.2) is 4.98 Å². The quantitative estimate of drug-likeness (QED) is 0.696. The van der Waals surface area contributed by atoms with E-state index in [9.17, 15) is 9.59 Å². The summed E-state index contributed by atoms with van der Waals surface area (Å²) < 4.78 is 0.684. The van der Waals surface area contributed by atoms with E-state index in [1.54, 1.807) is 13.0 Å². The Balaban J connectivity index is 1.80. The van der Waals surface area contributed by atoms with Gasteiger partial charge in [0.15, 0.2) is 0 Å². The van der Waals surface area contributed by atoms with E-state index < -0.39 is 0 Å². The Hall–Kier alpha value is -2.25. The minimum atomic E-state index is -0.349. The van der Waals surface area contributed by atoms with Gasteiger partial charge in [0.1, 0.15) is 10.6 Å². The molecule has 7 heteroatoms. The number of carbonyl (C=O) groups excluding carboxylic acids is 1. The van der Waals surface area contributed by atoms with Gasteiger partial charge in [0.2, 0.25) is 0 Å². The van der Waals surface area contributed by atoms with E-state index in [0.29, 0.717) is 21.5 Å². The van der Waals surface area contributed by atoms with E-state index >= 15 is 0 Å². The number of thiazole rings is 1. The standard InChI is InChI=1S/C17H14BrN3O2S/c1-10-15(17(23)21-13-8-12(18)9-19-16(13)22)24-14(20-10)7-11-5-3-2-4-6-11/h2-6,8-9H,7H2,1H3,(H,19,22)(H,21,23). The van der Waals surface area contributed by atoms with Crippen LogP contribution in [-0.2, 0) is 6.42 Å². The number of aromatic nitrogens is 2. The Labute approximate surface area is 150 Å². The number of rotatable bonds is 4. The second-order valence-corrected chi connectivity index (χ2v) is 7.20. The maximum atomic E-state index is 12.5. The predicted molar refractivity (Wildman–Crippen MR) is 98.8 cm³/mol. The molecule has 0 saturated heterocycles. The summed E-state index contributed by atoms with van der Waals surface area (Å²) in [5.74, 6) is -0.326. The summed E-state index contributed by atoms with van der Waals surface area (Å²) in [4.78, 5) is 31.8. The van der Waals surface area contributed by atoms with Crippen molar-refractivity contribution in [1.82, 2.24) is 9.97 Å². The number of carbonyl (C=O) groups is 1. The summed E-state index contributed by atoms with van der Waals surface area (Å²) in [5.41, 5.74) is 1.65. The van der Waals surface area contributed by atoms with Crippen molar-refractivity contribution in [2.75, 3.05) is 5.32 Å². The van der Waals surface area contributed by atoms with Crippen LogP contribution in [0.2, 0.25) is 0 Å². The van der Waals surface area contributed by atoms with Gasteiger partial charge in [-0.2, -0.15) is 0 Å². The van der Waals surface area contributed by atoms with Crippen molar-refractivity contribution in [2.45, 2.75) is 13.3 Å². The Morgan fingerprint density at radius 2 is 2.08 bits per heavy atom. The highest BCUT2D eigenvalue weighted by atomic mass is 79.9. The van der Waals surface area contributed by atoms with E-state index in [2.05, 4.69) is 31.2 Å².